The van der Waals surface area contributed by atoms with Crippen molar-refractivity contribution in [2.45, 2.75) is 40.2 Å². The third-order valence-corrected chi connectivity index (χ3v) is 5.31. The first kappa shape index (κ1) is 22.6. The molecule has 0 atom stereocenters. The second-order valence-corrected chi connectivity index (χ2v) is 8.80. The van der Waals surface area contributed by atoms with Crippen LogP contribution in [0.4, 0.5) is 0 Å². The van der Waals surface area contributed by atoms with Crippen LogP contribution in [0.1, 0.15) is 47.3 Å². The van der Waals surface area contributed by atoms with Gasteiger partial charge in [0.15, 0.2) is 6.61 Å². The van der Waals surface area contributed by atoms with Gasteiger partial charge in [-0.05, 0) is 36.2 Å². The predicted octanol–water partition coefficient (Wildman–Crippen LogP) is 3.78. The van der Waals surface area contributed by atoms with Crippen LogP contribution in [-0.2, 0) is 27.3 Å². The SMILES string of the molecule is COc1ccc(CCC(=O)OCC(=O)c2ccc(CNC(=O)C(C)(C)C)s2)cc1. The van der Waals surface area contributed by atoms with Crippen molar-refractivity contribution < 1.29 is 23.9 Å². The lowest BCUT2D eigenvalue weighted by Crippen LogP contribution is -2.34. The van der Waals surface area contributed by atoms with Gasteiger partial charge in [0.2, 0.25) is 11.7 Å². The third kappa shape index (κ3) is 7.34. The first-order chi connectivity index (χ1) is 13.7. The number of thiophene rings is 1. The van der Waals surface area contributed by atoms with Gasteiger partial charge in [-0.15, -0.1) is 11.3 Å². The number of ether oxygens (including phenoxy) is 2. The lowest BCUT2D eigenvalue weighted by atomic mass is 9.96. The summed E-state index contributed by atoms with van der Waals surface area (Å²) >= 11 is 1.29. The van der Waals surface area contributed by atoms with E-state index < -0.39 is 11.4 Å². The lowest BCUT2D eigenvalue weighted by molar-refractivity contribution is -0.142. The number of carbonyl (C=O) groups is 3. The van der Waals surface area contributed by atoms with Gasteiger partial charge in [0.25, 0.3) is 0 Å². The summed E-state index contributed by atoms with van der Waals surface area (Å²) < 4.78 is 10.2. The maximum atomic E-state index is 12.2. The molecule has 0 unspecified atom stereocenters. The monoisotopic (exact) mass is 417 g/mol. The highest BCUT2D eigenvalue weighted by Crippen LogP contribution is 2.19. The average Bonchev–Trinajstić information content (AvgIpc) is 3.17. The van der Waals surface area contributed by atoms with Crippen LogP contribution in [0.15, 0.2) is 36.4 Å². The Morgan fingerprint density at radius 3 is 2.34 bits per heavy atom. The number of hydrogen-bond acceptors (Lipinski definition) is 6. The quantitative estimate of drug-likeness (QED) is 0.496. The number of Topliss-reactive ketones (excluding diaryl/α,β-unsaturated/α-hetero) is 1. The highest BCUT2D eigenvalue weighted by atomic mass is 32.1. The largest absolute Gasteiger partial charge is 0.497 e. The summed E-state index contributed by atoms with van der Waals surface area (Å²) in [6.07, 6.45) is 0.738. The number of benzene rings is 1. The van der Waals surface area contributed by atoms with Gasteiger partial charge < -0.3 is 14.8 Å². The molecule has 0 bridgehead atoms. The Morgan fingerprint density at radius 1 is 1.03 bits per heavy atom. The van der Waals surface area contributed by atoms with Crippen LogP contribution in [0.3, 0.4) is 0 Å². The summed E-state index contributed by atoms with van der Waals surface area (Å²) in [5, 5.41) is 2.85. The van der Waals surface area contributed by atoms with Crippen LogP contribution in [0.5, 0.6) is 5.75 Å². The van der Waals surface area contributed by atoms with Gasteiger partial charge in [-0.25, -0.2) is 0 Å². The first-order valence-electron chi connectivity index (χ1n) is 9.38. The minimum absolute atomic E-state index is 0.0513. The second kappa shape index (κ2) is 10.2. The molecule has 1 heterocycles. The van der Waals surface area contributed by atoms with Gasteiger partial charge in [0.1, 0.15) is 5.75 Å². The molecule has 156 valence electrons. The van der Waals surface area contributed by atoms with Crippen LogP contribution in [0, 0.1) is 5.41 Å². The second-order valence-electron chi connectivity index (χ2n) is 7.63. The molecular weight excluding hydrogens is 390 g/mol. The fourth-order valence-corrected chi connectivity index (χ4v) is 3.26. The fourth-order valence-electron chi connectivity index (χ4n) is 2.38. The van der Waals surface area contributed by atoms with Crippen LogP contribution in [0.25, 0.3) is 0 Å². The molecule has 1 N–H and O–H groups in total. The van der Waals surface area contributed by atoms with E-state index in [1.807, 2.05) is 45.0 Å². The van der Waals surface area contributed by atoms with E-state index >= 15 is 0 Å². The number of esters is 1. The zero-order chi connectivity index (χ0) is 21.4. The molecule has 1 aromatic carbocycles. The summed E-state index contributed by atoms with van der Waals surface area (Å²) in [6, 6.07) is 10.9. The van der Waals surface area contributed by atoms with Crippen molar-refractivity contribution >= 4 is 29.0 Å². The van der Waals surface area contributed by atoms with Crippen molar-refractivity contribution in [1.29, 1.82) is 0 Å². The van der Waals surface area contributed by atoms with Crippen LogP contribution in [-0.4, -0.2) is 31.4 Å². The number of ketones is 1. The van der Waals surface area contributed by atoms with E-state index in [1.54, 1.807) is 19.2 Å². The van der Waals surface area contributed by atoms with E-state index in [4.69, 9.17) is 9.47 Å². The molecule has 0 fully saturated rings. The Balaban J connectivity index is 1.75. The molecule has 1 amide bonds. The number of carbonyl (C=O) groups excluding carboxylic acids is 3. The fraction of sp³-hybridized carbons (Fsp3) is 0.409. The summed E-state index contributed by atoms with van der Waals surface area (Å²) in [7, 11) is 1.60. The van der Waals surface area contributed by atoms with E-state index in [2.05, 4.69) is 5.32 Å². The highest BCUT2D eigenvalue weighted by molar-refractivity contribution is 7.14. The van der Waals surface area contributed by atoms with Crippen molar-refractivity contribution in [2.24, 2.45) is 5.41 Å². The molecule has 2 rings (SSSR count). The lowest BCUT2D eigenvalue weighted by Gasteiger charge is -2.17. The third-order valence-electron chi connectivity index (χ3n) is 4.18. The Hall–Kier alpha value is -2.67. The van der Waals surface area contributed by atoms with Crippen molar-refractivity contribution in [1.82, 2.24) is 5.32 Å². The maximum Gasteiger partial charge on any atom is 0.306 e. The Labute approximate surface area is 175 Å². The highest BCUT2D eigenvalue weighted by Gasteiger charge is 2.21. The minimum Gasteiger partial charge on any atom is -0.497 e. The number of hydrogen-bond donors (Lipinski definition) is 1. The molecule has 0 spiro atoms. The normalized spacial score (nSPS) is 11.0. The molecular formula is C22H27NO5S. The summed E-state index contributed by atoms with van der Waals surface area (Å²) in [6.45, 7) is 5.61. The molecule has 0 radical (unpaired) electrons. The number of methoxy groups -OCH3 is 1. The average molecular weight is 418 g/mol. The van der Waals surface area contributed by atoms with Gasteiger partial charge in [-0.1, -0.05) is 32.9 Å². The van der Waals surface area contributed by atoms with E-state index in [0.29, 0.717) is 17.8 Å². The van der Waals surface area contributed by atoms with Gasteiger partial charge in [0, 0.05) is 16.7 Å². The van der Waals surface area contributed by atoms with Gasteiger partial charge in [-0.3, -0.25) is 14.4 Å². The standard InChI is InChI=1S/C22H27NO5S/c1-22(2,3)21(26)23-13-17-10-11-19(29-17)18(24)14-28-20(25)12-7-15-5-8-16(27-4)9-6-15/h5-6,8-11H,7,12-14H2,1-4H3,(H,23,26). The van der Waals surface area contributed by atoms with Crippen molar-refractivity contribution in [3.63, 3.8) is 0 Å². The number of rotatable bonds is 9. The van der Waals surface area contributed by atoms with E-state index in [0.717, 1.165) is 16.2 Å². The van der Waals surface area contributed by atoms with Crippen LogP contribution < -0.4 is 10.1 Å². The first-order valence-corrected chi connectivity index (χ1v) is 10.2. The van der Waals surface area contributed by atoms with E-state index in [-0.39, 0.29) is 24.7 Å². The minimum atomic E-state index is -0.462. The van der Waals surface area contributed by atoms with Crippen LogP contribution in [0.2, 0.25) is 0 Å². The molecule has 7 heteroatoms. The summed E-state index contributed by atoms with van der Waals surface area (Å²) in [5.74, 6) is 0.0457. The topological polar surface area (TPSA) is 81.7 Å². The number of nitrogens with one attached hydrogen (secondary N) is 1. The Bertz CT molecular complexity index is 849. The molecule has 29 heavy (non-hydrogen) atoms. The van der Waals surface area contributed by atoms with Gasteiger partial charge in [0.05, 0.1) is 18.5 Å². The maximum absolute atomic E-state index is 12.2. The Morgan fingerprint density at radius 2 is 1.72 bits per heavy atom. The summed E-state index contributed by atoms with van der Waals surface area (Å²) in [4.78, 5) is 37.4. The van der Waals surface area contributed by atoms with Gasteiger partial charge >= 0.3 is 5.97 Å². The zero-order valence-electron chi connectivity index (χ0n) is 17.2. The van der Waals surface area contributed by atoms with Crippen molar-refractivity contribution in [2.75, 3.05) is 13.7 Å². The molecule has 0 saturated carbocycles. The van der Waals surface area contributed by atoms with Crippen molar-refractivity contribution in [3.8, 4) is 5.75 Å². The van der Waals surface area contributed by atoms with E-state index in [1.165, 1.54) is 11.3 Å². The van der Waals surface area contributed by atoms with Crippen molar-refractivity contribution in [3.05, 3.63) is 51.7 Å². The molecule has 1 aromatic heterocycles. The smallest absolute Gasteiger partial charge is 0.306 e. The molecule has 0 saturated heterocycles. The van der Waals surface area contributed by atoms with Gasteiger partial charge in [-0.2, -0.15) is 0 Å². The zero-order valence-corrected chi connectivity index (χ0v) is 18.1. The molecule has 0 aliphatic rings. The molecule has 0 aliphatic carbocycles. The molecule has 0 aliphatic heterocycles. The number of amides is 1. The van der Waals surface area contributed by atoms with Crippen LogP contribution >= 0.6 is 11.3 Å². The molecule has 6 nitrogen and oxygen atoms in total. The Kier molecular flexibility index (Phi) is 7.96. The van der Waals surface area contributed by atoms with E-state index in [9.17, 15) is 14.4 Å². The number of aryl methyl sites for hydroxylation is 1. The molecule has 2 aromatic rings. The summed E-state index contributed by atoms with van der Waals surface area (Å²) in [5.41, 5.74) is 0.532. The predicted molar refractivity (Wildman–Crippen MR) is 112 cm³/mol.